The third-order valence-corrected chi connectivity index (χ3v) is 3.38. The topological polar surface area (TPSA) is 67.1 Å². The Morgan fingerprint density at radius 2 is 2.10 bits per heavy atom. The molecule has 2 atom stereocenters. The van der Waals surface area contributed by atoms with Gasteiger partial charge in [-0.3, -0.25) is 5.10 Å². The van der Waals surface area contributed by atoms with Gasteiger partial charge in [0.05, 0.1) is 22.3 Å². The van der Waals surface area contributed by atoms with E-state index in [0.717, 1.165) is 5.56 Å². The first-order valence-electron chi connectivity index (χ1n) is 5.94. The Kier molecular flexibility index (Phi) is 4.98. The zero-order valence-corrected chi connectivity index (χ0v) is 11.9. The molecular weight excluding hydrogens is 302 g/mol. The molecular formula is C13H13Cl2FN4. The summed E-state index contributed by atoms with van der Waals surface area (Å²) in [6.45, 7) is 0. The SMILES string of the molecule is NN=C(c1ccccc1)C(CC(F)Cl)c1n[nH]cc1Cl. The van der Waals surface area contributed by atoms with Crippen LogP contribution in [0.1, 0.15) is 23.6 Å². The summed E-state index contributed by atoms with van der Waals surface area (Å²) in [6, 6.07) is 9.23. The number of rotatable bonds is 5. The second-order valence-corrected chi connectivity index (χ2v) is 5.06. The van der Waals surface area contributed by atoms with Gasteiger partial charge in [0.15, 0.2) is 5.63 Å². The summed E-state index contributed by atoms with van der Waals surface area (Å²) in [5.74, 6) is 4.96. The molecule has 106 valence electrons. The standard InChI is InChI=1S/C13H13Cl2FN4/c14-10-7-18-20-13(10)9(6-11(15)16)12(19-17)8-4-2-1-3-5-8/h1-5,7,9,11H,6,17H2,(H,18,20). The third-order valence-electron chi connectivity index (χ3n) is 2.90. The molecule has 0 aliphatic carbocycles. The molecule has 7 heteroatoms. The van der Waals surface area contributed by atoms with E-state index in [-0.39, 0.29) is 6.42 Å². The summed E-state index contributed by atoms with van der Waals surface area (Å²) in [6.07, 6.45) is 1.50. The van der Waals surface area contributed by atoms with E-state index < -0.39 is 11.5 Å². The molecule has 0 aliphatic rings. The van der Waals surface area contributed by atoms with E-state index in [1.807, 2.05) is 30.3 Å². The predicted molar refractivity (Wildman–Crippen MR) is 78.9 cm³/mol. The lowest BCUT2D eigenvalue weighted by molar-refractivity contribution is 0.412. The molecule has 4 nitrogen and oxygen atoms in total. The number of halogens is 3. The first kappa shape index (κ1) is 14.8. The highest BCUT2D eigenvalue weighted by atomic mass is 35.5. The fourth-order valence-electron chi connectivity index (χ4n) is 2.04. The number of nitrogens with one attached hydrogen (secondary N) is 1. The number of hydrazone groups is 1. The van der Waals surface area contributed by atoms with Crippen molar-refractivity contribution < 1.29 is 4.39 Å². The lowest BCUT2D eigenvalue weighted by Gasteiger charge is -2.17. The highest BCUT2D eigenvalue weighted by molar-refractivity contribution is 6.31. The van der Waals surface area contributed by atoms with Crippen LogP contribution in [0.5, 0.6) is 0 Å². The molecule has 0 fully saturated rings. The average Bonchev–Trinajstić information content (AvgIpc) is 2.85. The highest BCUT2D eigenvalue weighted by Crippen LogP contribution is 2.31. The van der Waals surface area contributed by atoms with Crippen LogP contribution in [0.15, 0.2) is 41.6 Å². The minimum Gasteiger partial charge on any atom is -0.323 e. The van der Waals surface area contributed by atoms with Gasteiger partial charge in [-0.1, -0.05) is 53.5 Å². The Bertz CT molecular complexity index is 583. The summed E-state index contributed by atoms with van der Waals surface area (Å²) in [4.78, 5) is 0. The maximum absolute atomic E-state index is 13.3. The molecule has 1 heterocycles. The van der Waals surface area contributed by atoms with Gasteiger partial charge in [-0.2, -0.15) is 10.2 Å². The number of alkyl halides is 2. The van der Waals surface area contributed by atoms with Crippen molar-refractivity contribution in [2.45, 2.75) is 18.0 Å². The van der Waals surface area contributed by atoms with E-state index in [9.17, 15) is 4.39 Å². The second-order valence-electron chi connectivity index (χ2n) is 4.18. The molecule has 0 saturated carbocycles. The Labute approximate surface area is 125 Å². The van der Waals surface area contributed by atoms with Crippen LogP contribution in [0.25, 0.3) is 0 Å². The monoisotopic (exact) mass is 314 g/mol. The molecule has 1 aromatic carbocycles. The zero-order valence-electron chi connectivity index (χ0n) is 10.4. The van der Waals surface area contributed by atoms with Crippen LogP contribution in [-0.2, 0) is 0 Å². The first-order chi connectivity index (χ1) is 9.63. The van der Waals surface area contributed by atoms with Crippen molar-refractivity contribution in [2.24, 2.45) is 10.9 Å². The third kappa shape index (κ3) is 3.29. The van der Waals surface area contributed by atoms with Crippen LogP contribution < -0.4 is 5.84 Å². The van der Waals surface area contributed by atoms with Gasteiger partial charge in [0.1, 0.15) is 0 Å². The van der Waals surface area contributed by atoms with Crippen molar-refractivity contribution in [1.29, 1.82) is 0 Å². The van der Waals surface area contributed by atoms with E-state index in [2.05, 4.69) is 15.3 Å². The molecule has 0 radical (unpaired) electrons. The number of hydrogen-bond acceptors (Lipinski definition) is 3. The molecule has 2 aromatic rings. The van der Waals surface area contributed by atoms with E-state index in [0.29, 0.717) is 16.4 Å². The summed E-state index contributed by atoms with van der Waals surface area (Å²) in [5.41, 5.74) is 0.190. The van der Waals surface area contributed by atoms with Gasteiger partial charge >= 0.3 is 0 Å². The van der Waals surface area contributed by atoms with Gasteiger partial charge in [0.2, 0.25) is 0 Å². The van der Waals surface area contributed by atoms with Gasteiger partial charge < -0.3 is 5.84 Å². The number of aromatic amines is 1. The van der Waals surface area contributed by atoms with Crippen LogP contribution in [0.3, 0.4) is 0 Å². The summed E-state index contributed by atoms with van der Waals surface area (Å²) >= 11 is 11.5. The molecule has 2 unspecified atom stereocenters. The number of hydrogen-bond donors (Lipinski definition) is 2. The quantitative estimate of drug-likeness (QED) is 0.384. The number of H-pyrrole nitrogens is 1. The molecule has 0 bridgehead atoms. The maximum Gasteiger partial charge on any atom is 0.174 e. The number of nitrogens with zero attached hydrogens (tertiary/aromatic N) is 2. The van der Waals surface area contributed by atoms with E-state index in [1.165, 1.54) is 6.20 Å². The molecule has 0 spiro atoms. The van der Waals surface area contributed by atoms with Crippen molar-refractivity contribution in [3.05, 3.63) is 52.8 Å². The van der Waals surface area contributed by atoms with E-state index in [4.69, 9.17) is 29.0 Å². The van der Waals surface area contributed by atoms with Crippen LogP contribution in [-0.4, -0.2) is 21.5 Å². The van der Waals surface area contributed by atoms with Crippen molar-refractivity contribution in [2.75, 3.05) is 0 Å². The Morgan fingerprint density at radius 3 is 2.60 bits per heavy atom. The molecule has 3 N–H and O–H groups in total. The van der Waals surface area contributed by atoms with Crippen molar-refractivity contribution in [3.63, 3.8) is 0 Å². The van der Waals surface area contributed by atoms with Gasteiger partial charge in [-0.15, -0.1) is 0 Å². The average molecular weight is 315 g/mol. The summed E-state index contributed by atoms with van der Waals surface area (Å²) < 4.78 is 13.3. The fraction of sp³-hybridized carbons (Fsp3) is 0.231. The Morgan fingerprint density at radius 1 is 1.40 bits per heavy atom. The second kappa shape index (κ2) is 6.72. The van der Waals surface area contributed by atoms with Crippen LogP contribution >= 0.6 is 23.2 Å². The predicted octanol–water partition coefficient (Wildman–Crippen LogP) is 3.43. The van der Waals surface area contributed by atoms with Crippen molar-refractivity contribution >= 4 is 28.9 Å². The van der Waals surface area contributed by atoms with E-state index in [1.54, 1.807) is 0 Å². The smallest absolute Gasteiger partial charge is 0.174 e. The minimum absolute atomic E-state index is 0.0168. The van der Waals surface area contributed by atoms with Gasteiger partial charge in [-0.25, -0.2) is 4.39 Å². The fourth-order valence-corrected chi connectivity index (χ4v) is 2.44. The van der Waals surface area contributed by atoms with Gasteiger partial charge in [0, 0.05) is 12.6 Å². The van der Waals surface area contributed by atoms with Crippen LogP contribution in [0.4, 0.5) is 4.39 Å². The maximum atomic E-state index is 13.3. The molecule has 0 amide bonds. The zero-order chi connectivity index (χ0) is 14.5. The molecule has 0 aliphatic heterocycles. The summed E-state index contributed by atoms with van der Waals surface area (Å²) in [7, 11) is 0. The van der Waals surface area contributed by atoms with Gasteiger partial charge in [0.25, 0.3) is 0 Å². The van der Waals surface area contributed by atoms with Crippen molar-refractivity contribution in [3.8, 4) is 0 Å². The number of benzene rings is 1. The lowest BCUT2D eigenvalue weighted by Crippen LogP contribution is -2.19. The first-order valence-corrected chi connectivity index (χ1v) is 6.75. The number of nitrogens with two attached hydrogens (primary N) is 1. The Balaban J connectivity index is 2.43. The normalized spacial score (nSPS) is 15.1. The van der Waals surface area contributed by atoms with Crippen LogP contribution in [0, 0.1) is 0 Å². The molecule has 0 saturated heterocycles. The summed E-state index contributed by atoms with van der Waals surface area (Å²) in [5, 5.41) is 10.9. The minimum atomic E-state index is -1.55. The molecule has 1 aromatic heterocycles. The van der Waals surface area contributed by atoms with Crippen LogP contribution in [0.2, 0.25) is 5.02 Å². The largest absolute Gasteiger partial charge is 0.323 e. The van der Waals surface area contributed by atoms with E-state index >= 15 is 0 Å². The highest BCUT2D eigenvalue weighted by Gasteiger charge is 2.27. The van der Waals surface area contributed by atoms with Crippen molar-refractivity contribution in [1.82, 2.24) is 10.2 Å². The lowest BCUT2D eigenvalue weighted by atomic mass is 9.91. The number of aromatic nitrogens is 2. The van der Waals surface area contributed by atoms with Gasteiger partial charge in [-0.05, 0) is 5.56 Å². The Hall–Kier alpha value is -1.59. The molecule has 20 heavy (non-hydrogen) atoms. The molecule has 2 rings (SSSR count).